The largest absolute Gasteiger partial charge is 0.386 e. The molecule has 2 N–H and O–H groups in total. The third-order valence-corrected chi connectivity index (χ3v) is 5.01. The van der Waals surface area contributed by atoms with Crippen LogP contribution in [0.2, 0.25) is 0 Å². The Morgan fingerprint density at radius 1 is 1.33 bits per heavy atom. The number of aromatic nitrogens is 1. The van der Waals surface area contributed by atoms with Crippen molar-refractivity contribution in [2.45, 2.75) is 43.2 Å². The highest BCUT2D eigenvalue weighted by Gasteiger charge is 2.19. The Bertz CT molecular complexity index is 542. The van der Waals surface area contributed by atoms with Crippen LogP contribution in [0.5, 0.6) is 0 Å². The van der Waals surface area contributed by atoms with Crippen LogP contribution < -0.4 is 10.0 Å². The zero-order valence-electron chi connectivity index (χ0n) is 12.3. The summed E-state index contributed by atoms with van der Waals surface area (Å²) in [6, 6.07) is 3.37. The van der Waals surface area contributed by atoms with Crippen LogP contribution in [0.4, 0.5) is 5.69 Å². The standard InChI is InChI=1S/C14H23N3O3S/c1-15-13-8-5-9-16-14(13)21(18,19)17-10-11-20-12-6-3-2-4-7-12/h5,8-9,12,15,17H,2-4,6-7,10-11H2,1H3. The van der Waals surface area contributed by atoms with E-state index >= 15 is 0 Å². The summed E-state index contributed by atoms with van der Waals surface area (Å²) in [6.07, 6.45) is 7.60. The molecule has 0 saturated heterocycles. The van der Waals surface area contributed by atoms with Crippen LogP contribution in [0, 0.1) is 0 Å². The summed E-state index contributed by atoms with van der Waals surface area (Å²) >= 11 is 0. The van der Waals surface area contributed by atoms with Crippen LogP contribution in [0.25, 0.3) is 0 Å². The number of nitrogens with zero attached hydrogens (tertiary/aromatic N) is 1. The topological polar surface area (TPSA) is 80.3 Å². The van der Waals surface area contributed by atoms with Gasteiger partial charge in [0.2, 0.25) is 0 Å². The summed E-state index contributed by atoms with van der Waals surface area (Å²) in [5.41, 5.74) is 0.484. The maximum absolute atomic E-state index is 12.2. The van der Waals surface area contributed by atoms with E-state index in [2.05, 4.69) is 15.0 Å². The van der Waals surface area contributed by atoms with Crippen LogP contribution in [0.15, 0.2) is 23.4 Å². The average molecular weight is 313 g/mol. The molecule has 1 aromatic rings. The number of hydrogen-bond donors (Lipinski definition) is 2. The summed E-state index contributed by atoms with van der Waals surface area (Å²) in [6.45, 7) is 0.657. The lowest BCUT2D eigenvalue weighted by Gasteiger charge is -2.22. The van der Waals surface area contributed by atoms with E-state index in [-0.39, 0.29) is 17.7 Å². The van der Waals surface area contributed by atoms with E-state index in [1.807, 2.05) is 0 Å². The minimum atomic E-state index is -3.61. The van der Waals surface area contributed by atoms with Crippen molar-refractivity contribution < 1.29 is 13.2 Å². The average Bonchev–Trinajstić information content (AvgIpc) is 2.52. The van der Waals surface area contributed by atoms with Crippen LogP contribution in [-0.2, 0) is 14.8 Å². The van der Waals surface area contributed by atoms with Crippen LogP contribution in [0.1, 0.15) is 32.1 Å². The highest BCUT2D eigenvalue weighted by atomic mass is 32.2. The fourth-order valence-corrected chi connectivity index (χ4v) is 3.65. The van der Waals surface area contributed by atoms with Gasteiger partial charge in [0.05, 0.1) is 18.4 Å². The number of hydrogen-bond acceptors (Lipinski definition) is 5. The summed E-state index contributed by atoms with van der Waals surface area (Å²) < 4.78 is 32.6. The molecule has 118 valence electrons. The Balaban J connectivity index is 1.83. The van der Waals surface area contributed by atoms with Crippen molar-refractivity contribution in [2.24, 2.45) is 0 Å². The van der Waals surface area contributed by atoms with Crippen LogP contribution in [0.3, 0.4) is 0 Å². The van der Waals surface area contributed by atoms with Gasteiger partial charge in [0.1, 0.15) is 0 Å². The van der Waals surface area contributed by atoms with E-state index < -0.39 is 10.0 Å². The van der Waals surface area contributed by atoms with Crippen molar-refractivity contribution in [1.82, 2.24) is 9.71 Å². The number of nitrogens with one attached hydrogen (secondary N) is 2. The van der Waals surface area contributed by atoms with Crippen molar-refractivity contribution in [1.29, 1.82) is 0 Å². The summed E-state index contributed by atoms with van der Waals surface area (Å²) in [7, 11) is -1.94. The van der Waals surface area contributed by atoms with E-state index in [0.29, 0.717) is 12.3 Å². The highest BCUT2D eigenvalue weighted by Crippen LogP contribution is 2.20. The molecule has 0 atom stereocenters. The summed E-state index contributed by atoms with van der Waals surface area (Å²) in [5, 5.41) is 2.85. The molecule has 7 heteroatoms. The molecule has 1 heterocycles. The molecule has 1 saturated carbocycles. The fraction of sp³-hybridized carbons (Fsp3) is 0.643. The molecule has 0 aromatic carbocycles. The lowest BCUT2D eigenvalue weighted by atomic mass is 9.98. The fourth-order valence-electron chi connectivity index (χ4n) is 2.50. The molecule has 0 spiro atoms. The van der Waals surface area contributed by atoms with Crippen molar-refractivity contribution in [3.05, 3.63) is 18.3 Å². The van der Waals surface area contributed by atoms with Gasteiger partial charge in [-0.1, -0.05) is 19.3 Å². The van der Waals surface area contributed by atoms with E-state index in [0.717, 1.165) is 12.8 Å². The Hall–Kier alpha value is -1.18. The Kier molecular flexibility index (Phi) is 5.96. The lowest BCUT2D eigenvalue weighted by Crippen LogP contribution is -2.30. The van der Waals surface area contributed by atoms with E-state index in [4.69, 9.17) is 4.74 Å². The Labute approximate surface area is 126 Å². The summed E-state index contributed by atoms with van der Waals surface area (Å²) in [4.78, 5) is 3.94. The van der Waals surface area contributed by atoms with Gasteiger partial charge in [0.25, 0.3) is 10.0 Å². The SMILES string of the molecule is CNc1cccnc1S(=O)(=O)NCCOC1CCCCC1. The van der Waals surface area contributed by atoms with Gasteiger partial charge < -0.3 is 10.1 Å². The maximum Gasteiger partial charge on any atom is 0.260 e. The molecule has 21 heavy (non-hydrogen) atoms. The number of rotatable bonds is 7. The van der Waals surface area contributed by atoms with Crippen molar-refractivity contribution >= 4 is 15.7 Å². The van der Waals surface area contributed by atoms with Gasteiger partial charge in [0.15, 0.2) is 5.03 Å². The van der Waals surface area contributed by atoms with Crippen LogP contribution >= 0.6 is 0 Å². The first-order valence-corrected chi connectivity index (χ1v) is 8.86. The van der Waals surface area contributed by atoms with Gasteiger partial charge in [0, 0.05) is 19.8 Å². The third kappa shape index (κ3) is 4.66. The van der Waals surface area contributed by atoms with E-state index in [9.17, 15) is 8.42 Å². The van der Waals surface area contributed by atoms with Gasteiger partial charge in [-0.15, -0.1) is 0 Å². The van der Waals surface area contributed by atoms with Gasteiger partial charge >= 0.3 is 0 Å². The number of pyridine rings is 1. The summed E-state index contributed by atoms with van der Waals surface area (Å²) in [5.74, 6) is 0. The number of anilines is 1. The lowest BCUT2D eigenvalue weighted by molar-refractivity contribution is 0.0321. The first-order chi connectivity index (χ1) is 10.1. The molecule has 1 aliphatic rings. The van der Waals surface area contributed by atoms with E-state index in [1.54, 1.807) is 19.2 Å². The minimum absolute atomic E-state index is 0.0187. The molecular formula is C14H23N3O3S. The van der Waals surface area contributed by atoms with Crippen molar-refractivity contribution in [2.75, 3.05) is 25.5 Å². The molecule has 0 aliphatic heterocycles. The third-order valence-electron chi connectivity index (χ3n) is 3.59. The minimum Gasteiger partial charge on any atom is -0.386 e. The zero-order valence-corrected chi connectivity index (χ0v) is 13.2. The molecular weight excluding hydrogens is 290 g/mol. The van der Waals surface area contributed by atoms with Crippen LogP contribution in [-0.4, -0.2) is 39.7 Å². The number of sulfonamides is 1. The first-order valence-electron chi connectivity index (χ1n) is 7.37. The molecule has 0 radical (unpaired) electrons. The normalized spacial score (nSPS) is 16.8. The van der Waals surface area contributed by atoms with E-state index in [1.165, 1.54) is 25.5 Å². The van der Waals surface area contributed by atoms with Gasteiger partial charge in [-0.2, -0.15) is 0 Å². The Morgan fingerprint density at radius 3 is 2.81 bits per heavy atom. The molecule has 1 fully saturated rings. The smallest absolute Gasteiger partial charge is 0.260 e. The quantitative estimate of drug-likeness (QED) is 0.750. The van der Waals surface area contributed by atoms with Gasteiger partial charge in [-0.3, -0.25) is 0 Å². The molecule has 0 bridgehead atoms. The predicted molar refractivity (Wildman–Crippen MR) is 81.8 cm³/mol. The first kappa shape index (κ1) is 16.2. The predicted octanol–water partition coefficient (Wildman–Crippen LogP) is 1.75. The van der Waals surface area contributed by atoms with Gasteiger partial charge in [-0.05, 0) is 25.0 Å². The molecule has 0 amide bonds. The molecule has 6 nitrogen and oxygen atoms in total. The Morgan fingerprint density at radius 2 is 2.10 bits per heavy atom. The van der Waals surface area contributed by atoms with Gasteiger partial charge in [-0.25, -0.2) is 18.1 Å². The van der Waals surface area contributed by atoms with Crippen molar-refractivity contribution in [3.8, 4) is 0 Å². The zero-order chi connectivity index (χ0) is 15.1. The second-order valence-electron chi connectivity index (χ2n) is 5.13. The maximum atomic E-state index is 12.2. The highest BCUT2D eigenvalue weighted by molar-refractivity contribution is 7.89. The molecule has 1 aliphatic carbocycles. The molecule has 2 rings (SSSR count). The second kappa shape index (κ2) is 7.72. The molecule has 1 aromatic heterocycles. The van der Waals surface area contributed by atoms with Crippen molar-refractivity contribution in [3.63, 3.8) is 0 Å². The number of ether oxygens (including phenoxy) is 1. The molecule has 0 unspecified atom stereocenters. The monoisotopic (exact) mass is 313 g/mol. The second-order valence-corrected chi connectivity index (χ2v) is 6.82.